The molecule has 25 nitrogen and oxygen atoms in total. The van der Waals surface area contributed by atoms with Crippen LogP contribution in [0.3, 0.4) is 0 Å². The van der Waals surface area contributed by atoms with Gasteiger partial charge in [-0.2, -0.15) is 0 Å². The highest BCUT2D eigenvalue weighted by Crippen LogP contribution is 2.60. The van der Waals surface area contributed by atoms with Crippen LogP contribution in [0, 0.1) is 13.8 Å². The van der Waals surface area contributed by atoms with Gasteiger partial charge >= 0.3 is 0 Å². The minimum Gasteiger partial charge on any atom is -0.485 e. The van der Waals surface area contributed by atoms with Gasteiger partial charge in [-0.25, -0.2) is 15.0 Å². The van der Waals surface area contributed by atoms with Crippen LogP contribution >= 0.6 is 68.0 Å². The molecule has 15 aromatic rings. The molecule has 17 rings (SSSR count). The van der Waals surface area contributed by atoms with Crippen LogP contribution in [0.5, 0.6) is 57.5 Å². The Bertz CT molecular complexity index is 6330. The zero-order valence-electron chi connectivity index (χ0n) is 67.3. The van der Waals surface area contributed by atoms with E-state index in [1.54, 1.807) is 137 Å². The van der Waals surface area contributed by atoms with Gasteiger partial charge in [0, 0.05) is 131 Å². The predicted molar refractivity (Wildman–Crippen MR) is 479 cm³/mol. The maximum absolute atomic E-state index is 11.3. The van der Waals surface area contributed by atoms with Crippen LogP contribution in [-0.4, -0.2) is 110 Å². The zero-order chi connectivity index (χ0) is 85.7. The number of aromatic nitrogens is 9. The summed E-state index contributed by atoms with van der Waals surface area (Å²) < 4.78 is 54.6. The first-order chi connectivity index (χ1) is 60.9. The molecule has 31 heteroatoms. The second kappa shape index (κ2) is 41.4. The Morgan fingerprint density at radius 2 is 0.694 bits per heavy atom. The Balaban J connectivity index is 0.000000145. The summed E-state index contributed by atoms with van der Waals surface area (Å²) in [4.78, 5) is 119. The van der Waals surface area contributed by atoms with Crippen molar-refractivity contribution in [2.24, 2.45) is 0 Å². The fourth-order valence-corrected chi connectivity index (χ4v) is 20.3. The quantitative estimate of drug-likeness (QED) is 0.0267. The molecule has 0 unspecified atom stereocenters. The van der Waals surface area contributed by atoms with Crippen molar-refractivity contribution >= 4 is 107 Å². The van der Waals surface area contributed by atoms with Crippen molar-refractivity contribution in [3.63, 3.8) is 0 Å². The number of pyridine rings is 9. The normalized spacial score (nSPS) is 11.7. The van der Waals surface area contributed by atoms with Crippen LogP contribution in [-0.2, 0) is 41.6 Å². The standard InChI is InChI=1S/C37H39N3O4S2.C30H21N3O8S2.C26H17N3O4S2/c1-3-5-7-9-11-26-17-36(45-23-26)37-28(12-10-8-6-4-2)19-35(46-37)27-13-15-38-31(18-27)33-21-30(44-25-42)22-34(40-33)32-20-29(43-24-41)14-16-39-32;1-16-24-25(37-7-6-36-24)29(42-16)30-27-26(38-8-9-39-27)28(43-30)17-2-4-31-20(10-17)22-12-19(41-15-35)13-23(33-22)21-11-18(40-14-34)3-5-32-21;1-16-2-3-25(34-16)26-5-4-24(35-26)17-6-8-27-20(10-17)22-12-19(33-15-31)13-23(29-22)21-11-18(32-14-30)7-9-28-21/h13-25H,3-12H2,1-2H3;2-5,10-15H,6-9H2,1H3;2-15H,1H3. The Labute approximate surface area is 736 Å². The molecule has 0 aliphatic carbocycles. The molecule has 0 fully saturated rings. The van der Waals surface area contributed by atoms with Crippen molar-refractivity contribution in [1.29, 1.82) is 0 Å². The van der Waals surface area contributed by atoms with Crippen LogP contribution in [0.2, 0.25) is 0 Å². The van der Waals surface area contributed by atoms with E-state index < -0.39 is 0 Å². The molecule has 626 valence electrons. The van der Waals surface area contributed by atoms with Gasteiger partial charge in [0.25, 0.3) is 38.8 Å². The lowest BCUT2D eigenvalue weighted by Gasteiger charge is -2.18. The van der Waals surface area contributed by atoms with Gasteiger partial charge in [-0.3, -0.25) is 58.7 Å². The number of rotatable bonds is 34. The summed E-state index contributed by atoms with van der Waals surface area (Å²) in [5.41, 5.74) is 11.6. The number of fused-ring (bicyclic) bond motifs is 2. The van der Waals surface area contributed by atoms with E-state index >= 15 is 0 Å². The van der Waals surface area contributed by atoms with Gasteiger partial charge in [0.1, 0.15) is 60.9 Å². The third-order valence-corrected chi connectivity index (χ3v) is 26.6. The SMILES string of the molecule is CCCCCCc1csc(-c2sc(-c3ccnc(-c4cc(OC=O)cc(-c5cc(OC=O)ccn5)n4)c3)cc2CCCCCC)c1.Cc1ccc(-c2ccc(-c3ccnc(-c4cc(OC=O)cc(-c5cc(OC=O)ccn5)n4)c3)s2)s1.Cc1sc(-c2sc(-c3ccnc(-c4cc(OC=O)cc(-c5cc(OC=O)ccn5)n4)c3)c3c2OCCO3)c2c1OCCO2. The monoisotopic (exact) mass is 1770 g/mol. The van der Waals surface area contributed by atoms with Gasteiger partial charge in [0.15, 0.2) is 23.0 Å². The maximum Gasteiger partial charge on any atom is 0.298 e. The third-order valence-electron chi connectivity index (χ3n) is 19.4. The molecule has 0 radical (unpaired) electrons. The Hall–Kier alpha value is -13.4. The van der Waals surface area contributed by atoms with E-state index in [0.29, 0.717) is 174 Å². The summed E-state index contributed by atoms with van der Waals surface area (Å²) in [7, 11) is 0. The van der Waals surface area contributed by atoms with Crippen molar-refractivity contribution < 1.29 is 76.1 Å². The highest BCUT2D eigenvalue weighted by Gasteiger charge is 2.33. The number of hydrogen-bond donors (Lipinski definition) is 0. The van der Waals surface area contributed by atoms with E-state index in [4.69, 9.17) is 57.3 Å². The van der Waals surface area contributed by atoms with Crippen LogP contribution < -0.4 is 47.4 Å². The molecule has 15 aromatic heterocycles. The summed E-state index contributed by atoms with van der Waals surface area (Å²) >= 11 is 10.3. The first-order valence-corrected chi connectivity index (χ1v) is 44.5. The fourth-order valence-electron chi connectivity index (χ4n) is 13.7. The Morgan fingerprint density at radius 3 is 1.16 bits per heavy atom. The van der Waals surface area contributed by atoms with Gasteiger partial charge in [0.2, 0.25) is 0 Å². The van der Waals surface area contributed by atoms with Crippen LogP contribution in [0.25, 0.3) is 129 Å². The number of carbonyl (C=O) groups excluding carboxylic acids is 6. The number of aryl methyl sites for hydroxylation is 4. The highest BCUT2D eigenvalue weighted by molar-refractivity contribution is 7.25. The van der Waals surface area contributed by atoms with Gasteiger partial charge in [-0.05, 0) is 164 Å². The summed E-state index contributed by atoms with van der Waals surface area (Å²) in [6.07, 6.45) is 21.9. The average Bonchev–Trinajstić information content (AvgIpc) is 1.59. The lowest BCUT2D eigenvalue weighted by molar-refractivity contribution is -0.121. The summed E-state index contributed by atoms with van der Waals surface area (Å²) in [6, 6.07) is 44.1. The van der Waals surface area contributed by atoms with Gasteiger partial charge in [0.05, 0.1) is 83.0 Å². The molecule has 124 heavy (non-hydrogen) atoms. The van der Waals surface area contributed by atoms with E-state index in [1.807, 2.05) is 66.0 Å². The predicted octanol–water partition coefficient (Wildman–Crippen LogP) is 21.6. The number of hydrogen-bond acceptors (Lipinski definition) is 31. The van der Waals surface area contributed by atoms with Crippen molar-refractivity contribution in [3.8, 4) is 186 Å². The van der Waals surface area contributed by atoms with Crippen LogP contribution in [0.1, 0.15) is 86.1 Å². The fraction of sp³-hybridized carbons (Fsp3) is 0.194. The van der Waals surface area contributed by atoms with E-state index in [1.165, 1.54) is 110 Å². The van der Waals surface area contributed by atoms with Gasteiger partial charge in [-0.15, -0.1) is 68.0 Å². The van der Waals surface area contributed by atoms with Gasteiger partial charge in [-0.1, -0.05) is 52.4 Å². The summed E-state index contributed by atoms with van der Waals surface area (Å²) in [5, 5.41) is 2.33. The second-order valence-corrected chi connectivity index (χ2v) is 34.4. The van der Waals surface area contributed by atoms with Crippen molar-refractivity contribution in [2.75, 3.05) is 26.4 Å². The van der Waals surface area contributed by atoms with Crippen LogP contribution in [0.15, 0.2) is 188 Å². The molecule has 2 aliphatic heterocycles. The molecule has 0 atom stereocenters. The molecule has 17 heterocycles. The van der Waals surface area contributed by atoms with Crippen molar-refractivity contribution in [1.82, 2.24) is 44.9 Å². The van der Waals surface area contributed by atoms with E-state index in [9.17, 15) is 28.8 Å². The topological polar surface area (TPSA) is 311 Å². The molecule has 0 saturated carbocycles. The molecule has 0 N–H and O–H groups in total. The van der Waals surface area contributed by atoms with Crippen molar-refractivity contribution in [3.05, 3.63) is 209 Å². The van der Waals surface area contributed by atoms with E-state index in [-0.39, 0.29) is 5.75 Å². The minimum absolute atomic E-state index is 0.248. The molecule has 2 aliphatic rings. The summed E-state index contributed by atoms with van der Waals surface area (Å²) in [5.74, 6) is 4.63. The Kier molecular flexibility index (Phi) is 28.6. The molecular formula is C93H77N9O16S6. The zero-order valence-corrected chi connectivity index (χ0v) is 72.2. The minimum atomic E-state index is 0.248. The van der Waals surface area contributed by atoms with Crippen LogP contribution in [0.4, 0.5) is 0 Å². The number of carbonyl (C=O) groups is 6. The van der Waals surface area contributed by atoms with Gasteiger partial charge < -0.3 is 47.4 Å². The third kappa shape index (κ3) is 20.8. The lowest BCUT2D eigenvalue weighted by atomic mass is 10.0. The first kappa shape index (κ1) is 85.5. The molecular weight excluding hydrogens is 1690 g/mol. The Morgan fingerprint density at radius 1 is 0.315 bits per heavy atom. The number of nitrogens with zero attached hydrogens (tertiary/aromatic N) is 9. The van der Waals surface area contributed by atoms with E-state index in [0.717, 1.165) is 65.4 Å². The molecule has 0 amide bonds. The summed E-state index contributed by atoms with van der Waals surface area (Å²) in [6.45, 7) is 12.6. The largest absolute Gasteiger partial charge is 0.485 e. The molecule has 0 bridgehead atoms. The highest BCUT2D eigenvalue weighted by atomic mass is 32.1. The van der Waals surface area contributed by atoms with E-state index in [2.05, 4.69) is 97.4 Å². The molecule has 0 spiro atoms. The number of ether oxygens (including phenoxy) is 10. The maximum atomic E-state index is 11.3. The van der Waals surface area contributed by atoms with Crippen molar-refractivity contribution in [2.45, 2.75) is 91.9 Å². The number of thiophene rings is 6. The smallest absolute Gasteiger partial charge is 0.298 e. The molecule has 0 aromatic carbocycles. The first-order valence-electron chi connectivity index (χ1n) is 39.5. The lowest BCUT2D eigenvalue weighted by Crippen LogP contribution is -2.15. The molecule has 0 saturated heterocycles. The second-order valence-electron chi connectivity index (χ2n) is 27.9. The average molecular weight is 1770 g/mol. The number of unbranched alkanes of at least 4 members (excludes halogenated alkanes) is 6.